The molecule has 0 atom stereocenters. The summed E-state index contributed by atoms with van der Waals surface area (Å²) in [7, 11) is 0. The molecule has 0 nitrogen and oxygen atoms in total. The molecule has 11 heavy (non-hydrogen) atoms. The van der Waals surface area contributed by atoms with Crippen LogP contribution in [-0.4, -0.2) is 0 Å². The van der Waals surface area contributed by atoms with Gasteiger partial charge in [-0.25, -0.2) is 4.39 Å². The topological polar surface area (TPSA) is 0 Å². The minimum atomic E-state index is -0.198. The Bertz CT molecular complexity index is 394. The molecule has 0 fully saturated rings. The molecule has 0 radical (unpaired) electrons. The second kappa shape index (κ2) is 2.57. The number of fused-ring (bicyclic) bond motifs is 1. The first kappa shape index (κ1) is 7.25. The van der Waals surface area contributed by atoms with Gasteiger partial charge in [-0.05, 0) is 39.5 Å². The van der Waals surface area contributed by atoms with E-state index in [0.29, 0.717) is 4.47 Å². The summed E-state index contributed by atoms with van der Waals surface area (Å²) in [5.41, 5.74) is 0. The van der Waals surface area contributed by atoms with Crippen LogP contribution in [0.5, 0.6) is 0 Å². The molecule has 0 aliphatic heterocycles. The van der Waals surface area contributed by atoms with Crippen molar-refractivity contribution in [2.45, 2.75) is 0 Å². The minimum absolute atomic E-state index is 0.198. The average Bonchev–Trinajstić information content (AvgIpc) is 2.45. The summed E-state index contributed by atoms with van der Waals surface area (Å²) in [5.74, 6) is -0.198. The molecule has 56 valence electrons. The second-order valence-corrected chi connectivity index (χ2v) is 3.93. The smallest absolute Gasteiger partial charge is 0.138 e. The molecule has 1 aromatic heterocycles. The molecule has 1 heterocycles. The number of benzene rings is 1. The first-order chi connectivity index (χ1) is 5.29. The lowest BCUT2D eigenvalue weighted by Gasteiger charge is -1.94. The maximum Gasteiger partial charge on any atom is 0.138 e. The maximum absolute atomic E-state index is 12.9. The average molecular weight is 231 g/mol. The van der Waals surface area contributed by atoms with Crippen molar-refractivity contribution in [2.24, 2.45) is 0 Å². The van der Waals surface area contributed by atoms with Crippen LogP contribution in [0.3, 0.4) is 0 Å². The monoisotopic (exact) mass is 230 g/mol. The van der Waals surface area contributed by atoms with Crippen molar-refractivity contribution >= 4 is 37.4 Å². The highest BCUT2D eigenvalue weighted by molar-refractivity contribution is 9.10. The van der Waals surface area contributed by atoms with E-state index in [9.17, 15) is 4.39 Å². The lowest BCUT2D eigenvalue weighted by molar-refractivity contribution is 0.623. The van der Waals surface area contributed by atoms with Gasteiger partial charge in [0, 0.05) is 10.1 Å². The van der Waals surface area contributed by atoms with Gasteiger partial charge in [0.2, 0.25) is 0 Å². The number of rotatable bonds is 0. The lowest BCUT2D eigenvalue weighted by Crippen LogP contribution is -1.74. The molecule has 0 aliphatic rings. The Hall–Kier alpha value is -0.410. The van der Waals surface area contributed by atoms with Crippen LogP contribution in [0.1, 0.15) is 0 Å². The molecule has 0 spiro atoms. The van der Waals surface area contributed by atoms with Crippen LogP contribution in [0.4, 0.5) is 4.39 Å². The van der Waals surface area contributed by atoms with Crippen LogP contribution in [0, 0.1) is 5.82 Å². The molecule has 0 N–H and O–H groups in total. The summed E-state index contributed by atoms with van der Waals surface area (Å²) in [6.07, 6.45) is 0. The van der Waals surface area contributed by atoms with Crippen molar-refractivity contribution < 1.29 is 4.39 Å². The molecule has 0 saturated heterocycles. The van der Waals surface area contributed by atoms with E-state index in [1.165, 1.54) is 6.07 Å². The van der Waals surface area contributed by atoms with E-state index in [1.54, 1.807) is 17.4 Å². The van der Waals surface area contributed by atoms with Crippen LogP contribution in [0.25, 0.3) is 10.1 Å². The Morgan fingerprint density at radius 3 is 2.91 bits per heavy atom. The third-order valence-electron chi connectivity index (χ3n) is 1.52. The molecular weight excluding hydrogens is 227 g/mol. The number of thiophene rings is 1. The molecule has 0 saturated carbocycles. The third kappa shape index (κ3) is 1.08. The SMILES string of the molecule is Fc1ccc2sccc2c1Br. The van der Waals surface area contributed by atoms with E-state index in [4.69, 9.17) is 0 Å². The van der Waals surface area contributed by atoms with Gasteiger partial charge in [-0.1, -0.05) is 0 Å². The fourth-order valence-corrected chi connectivity index (χ4v) is 2.39. The van der Waals surface area contributed by atoms with Gasteiger partial charge in [0.15, 0.2) is 0 Å². The summed E-state index contributed by atoms with van der Waals surface area (Å²) in [6, 6.07) is 5.18. The van der Waals surface area contributed by atoms with Gasteiger partial charge in [-0.3, -0.25) is 0 Å². The van der Waals surface area contributed by atoms with Crippen molar-refractivity contribution in [3.05, 3.63) is 33.9 Å². The Labute approximate surface area is 75.8 Å². The van der Waals surface area contributed by atoms with E-state index in [1.807, 2.05) is 11.4 Å². The fourth-order valence-electron chi connectivity index (χ4n) is 0.982. The van der Waals surface area contributed by atoms with Gasteiger partial charge in [0.05, 0.1) is 4.47 Å². The second-order valence-electron chi connectivity index (χ2n) is 2.19. The third-order valence-corrected chi connectivity index (χ3v) is 3.21. The van der Waals surface area contributed by atoms with E-state index in [2.05, 4.69) is 15.9 Å². The first-order valence-corrected chi connectivity index (χ1v) is 4.77. The Morgan fingerprint density at radius 2 is 2.09 bits per heavy atom. The lowest BCUT2D eigenvalue weighted by atomic mass is 10.3. The number of hydrogen-bond donors (Lipinski definition) is 0. The number of halogens is 2. The molecule has 2 rings (SSSR count). The van der Waals surface area contributed by atoms with Crippen LogP contribution in [-0.2, 0) is 0 Å². The normalized spacial score (nSPS) is 10.7. The van der Waals surface area contributed by atoms with Crippen molar-refractivity contribution in [2.75, 3.05) is 0 Å². The number of hydrogen-bond acceptors (Lipinski definition) is 1. The van der Waals surface area contributed by atoms with Gasteiger partial charge in [-0.2, -0.15) is 0 Å². The zero-order valence-corrected chi connectivity index (χ0v) is 7.88. The van der Waals surface area contributed by atoms with Crippen molar-refractivity contribution in [1.29, 1.82) is 0 Å². The molecule has 0 bridgehead atoms. The van der Waals surface area contributed by atoms with Crippen LogP contribution >= 0.6 is 27.3 Å². The summed E-state index contributed by atoms with van der Waals surface area (Å²) in [6.45, 7) is 0. The van der Waals surface area contributed by atoms with Crippen molar-refractivity contribution in [1.82, 2.24) is 0 Å². The van der Waals surface area contributed by atoms with Crippen LogP contribution in [0.2, 0.25) is 0 Å². The van der Waals surface area contributed by atoms with Crippen LogP contribution in [0.15, 0.2) is 28.1 Å². The van der Waals surface area contributed by atoms with Gasteiger partial charge in [-0.15, -0.1) is 11.3 Å². The fraction of sp³-hybridized carbons (Fsp3) is 0. The highest BCUT2D eigenvalue weighted by atomic mass is 79.9. The minimum Gasteiger partial charge on any atom is -0.206 e. The standard InChI is InChI=1S/C8H4BrFS/c9-8-5-3-4-11-7(5)2-1-6(8)10/h1-4H. The first-order valence-electron chi connectivity index (χ1n) is 3.10. The van der Waals surface area contributed by atoms with Gasteiger partial charge in [0.25, 0.3) is 0 Å². The van der Waals surface area contributed by atoms with Crippen molar-refractivity contribution in [3.8, 4) is 0 Å². The highest BCUT2D eigenvalue weighted by Crippen LogP contribution is 2.29. The molecule has 0 aliphatic carbocycles. The predicted molar refractivity (Wildman–Crippen MR) is 49.5 cm³/mol. The summed E-state index contributed by atoms with van der Waals surface area (Å²) >= 11 is 4.81. The zero-order valence-electron chi connectivity index (χ0n) is 5.47. The van der Waals surface area contributed by atoms with E-state index in [-0.39, 0.29) is 5.82 Å². The van der Waals surface area contributed by atoms with E-state index < -0.39 is 0 Å². The zero-order chi connectivity index (χ0) is 7.84. The van der Waals surface area contributed by atoms with E-state index in [0.717, 1.165) is 10.1 Å². The van der Waals surface area contributed by atoms with E-state index >= 15 is 0 Å². The summed E-state index contributed by atoms with van der Waals surface area (Å²) in [4.78, 5) is 0. The maximum atomic E-state index is 12.9. The predicted octanol–water partition coefficient (Wildman–Crippen LogP) is 3.80. The largest absolute Gasteiger partial charge is 0.206 e. The quantitative estimate of drug-likeness (QED) is 0.646. The van der Waals surface area contributed by atoms with Crippen molar-refractivity contribution in [3.63, 3.8) is 0 Å². The molecule has 3 heteroatoms. The van der Waals surface area contributed by atoms with Gasteiger partial charge in [0.1, 0.15) is 5.82 Å². The van der Waals surface area contributed by atoms with Gasteiger partial charge < -0.3 is 0 Å². The Balaban J connectivity index is 2.93. The molecule has 2 aromatic rings. The molecular formula is C8H4BrFS. The van der Waals surface area contributed by atoms with Crippen LogP contribution < -0.4 is 0 Å². The molecule has 1 aromatic carbocycles. The Morgan fingerprint density at radius 1 is 1.27 bits per heavy atom. The highest BCUT2D eigenvalue weighted by Gasteiger charge is 2.03. The van der Waals surface area contributed by atoms with Gasteiger partial charge >= 0.3 is 0 Å². The summed E-state index contributed by atoms with van der Waals surface area (Å²) in [5, 5.41) is 2.91. The summed E-state index contributed by atoms with van der Waals surface area (Å²) < 4.78 is 14.6. The Kier molecular flexibility index (Phi) is 1.69. The molecule has 0 unspecified atom stereocenters. The molecule has 0 amide bonds.